The van der Waals surface area contributed by atoms with Crippen molar-refractivity contribution in [1.29, 1.82) is 0 Å². The van der Waals surface area contributed by atoms with Crippen molar-refractivity contribution in [3.8, 4) is 0 Å². The first-order valence-electron chi connectivity index (χ1n) is 7.29. The second kappa shape index (κ2) is 6.89. The Morgan fingerprint density at radius 3 is 3.05 bits per heavy atom. The summed E-state index contributed by atoms with van der Waals surface area (Å²) in [7, 11) is 0. The molecule has 2 rings (SSSR count). The van der Waals surface area contributed by atoms with Crippen LogP contribution in [-0.2, 0) is 6.54 Å². The van der Waals surface area contributed by atoms with E-state index >= 15 is 0 Å². The maximum absolute atomic E-state index is 12.0. The molecule has 118 valence electrons. The van der Waals surface area contributed by atoms with Crippen LogP contribution >= 0.6 is 15.9 Å². The van der Waals surface area contributed by atoms with Crippen molar-refractivity contribution >= 4 is 21.6 Å². The predicted molar refractivity (Wildman–Crippen MR) is 86.6 cm³/mol. The van der Waals surface area contributed by atoms with E-state index in [1.54, 1.807) is 6.20 Å². The highest BCUT2D eigenvalue weighted by molar-refractivity contribution is 9.10. The number of aliphatic hydroxyl groups excluding tert-OH is 1. The molecule has 2 heterocycles. The van der Waals surface area contributed by atoms with Gasteiger partial charge >= 0.3 is 0 Å². The molecule has 0 spiro atoms. The average molecular weight is 359 g/mol. The van der Waals surface area contributed by atoms with Crippen molar-refractivity contribution in [1.82, 2.24) is 15.1 Å². The Hall–Kier alpha value is -0.920. The quantitative estimate of drug-likeness (QED) is 0.736. The van der Waals surface area contributed by atoms with Gasteiger partial charge in [0.2, 0.25) is 0 Å². The van der Waals surface area contributed by atoms with E-state index in [0.29, 0.717) is 16.2 Å². The lowest BCUT2D eigenvalue weighted by Crippen LogP contribution is -2.50. The van der Waals surface area contributed by atoms with Gasteiger partial charge in [0, 0.05) is 12.6 Å². The molecule has 1 saturated heterocycles. The summed E-state index contributed by atoms with van der Waals surface area (Å²) in [6.45, 7) is 6.40. The van der Waals surface area contributed by atoms with Crippen LogP contribution in [0.5, 0.6) is 0 Å². The van der Waals surface area contributed by atoms with Gasteiger partial charge in [-0.3, -0.25) is 4.79 Å². The third-order valence-electron chi connectivity index (χ3n) is 4.13. The lowest BCUT2D eigenvalue weighted by Gasteiger charge is -2.39. The van der Waals surface area contributed by atoms with E-state index in [-0.39, 0.29) is 24.1 Å². The first-order valence-corrected chi connectivity index (χ1v) is 8.09. The van der Waals surface area contributed by atoms with Gasteiger partial charge in [0.25, 0.3) is 5.56 Å². The van der Waals surface area contributed by atoms with E-state index < -0.39 is 0 Å². The van der Waals surface area contributed by atoms with Crippen LogP contribution in [0.15, 0.2) is 15.5 Å². The minimum Gasteiger partial charge on any atom is -0.394 e. The molecular weight excluding hydrogens is 336 g/mol. The number of nitrogens with one attached hydrogen (secondary N) is 2. The van der Waals surface area contributed by atoms with E-state index in [0.717, 1.165) is 13.1 Å². The second-order valence-electron chi connectivity index (χ2n) is 6.10. The summed E-state index contributed by atoms with van der Waals surface area (Å²) in [6.07, 6.45) is 4.02. The van der Waals surface area contributed by atoms with Gasteiger partial charge in [-0.25, -0.2) is 4.68 Å². The van der Waals surface area contributed by atoms with E-state index in [1.165, 1.54) is 17.5 Å². The minimum atomic E-state index is -0.232. The molecular formula is C14H23BrN4O2. The first-order chi connectivity index (χ1) is 9.95. The Morgan fingerprint density at radius 2 is 2.38 bits per heavy atom. The van der Waals surface area contributed by atoms with Crippen LogP contribution < -0.4 is 16.2 Å². The third kappa shape index (κ3) is 3.84. The fourth-order valence-corrected chi connectivity index (χ4v) is 3.12. The van der Waals surface area contributed by atoms with E-state index in [1.807, 2.05) is 0 Å². The number of halogens is 1. The maximum atomic E-state index is 12.0. The zero-order chi connectivity index (χ0) is 15.5. The molecule has 1 aliphatic rings. The van der Waals surface area contributed by atoms with Gasteiger partial charge < -0.3 is 15.7 Å². The number of piperidine rings is 1. The summed E-state index contributed by atoms with van der Waals surface area (Å²) in [4.78, 5) is 12.0. The molecule has 1 aromatic heterocycles. The Morgan fingerprint density at radius 1 is 1.62 bits per heavy atom. The normalized spacial score (nSPS) is 21.2. The molecule has 1 fully saturated rings. The Balaban J connectivity index is 2.07. The molecule has 1 atom stereocenters. The van der Waals surface area contributed by atoms with Crippen molar-refractivity contribution < 1.29 is 5.11 Å². The zero-order valence-electron chi connectivity index (χ0n) is 12.5. The van der Waals surface area contributed by atoms with Crippen molar-refractivity contribution in [2.24, 2.45) is 5.41 Å². The lowest BCUT2D eigenvalue weighted by atomic mass is 9.77. The van der Waals surface area contributed by atoms with Crippen LogP contribution in [0.25, 0.3) is 0 Å². The number of hydrogen-bond donors (Lipinski definition) is 3. The van der Waals surface area contributed by atoms with Gasteiger partial charge in [-0.2, -0.15) is 5.10 Å². The summed E-state index contributed by atoms with van der Waals surface area (Å²) in [5.41, 5.74) is 0.694. The SMILES string of the molecule is CC1(C)CCCNC1CNc1cnn(CCO)c(=O)c1Br. The Bertz CT molecular complexity index is 544. The molecule has 1 aliphatic heterocycles. The van der Waals surface area contributed by atoms with Crippen LogP contribution in [0, 0.1) is 5.41 Å². The molecule has 3 N–H and O–H groups in total. The molecule has 21 heavy (non-hydrogen) atoms. The molecule has 0 aromatic carbocycles. The van der Waals surface area contributed by atoms with Crippen molar-refractivity contribution in [3.05, 3.63) is 21.0 Å². The van der Waals surface area contributed by atoms with Crippen LogP contribution in [0.1, 0.15) is 26.7 Å². The number of nitrogens with zero attached hydrogens (tertiary/aromatic N) is 2. The molecule has 1 unspecified atom stereocenters. The van der Waals surface area contributed by atoms with Gasteiger partial charge in [0.1, 0.15) is 4.47 Å². The minimum absolute atomic E-state index is 0.105. The molecule has 0 saturated carbocycles. The summed E-state index contributed by atoms with van der Waals surface area (Å²) in [5, 5.41) is 19.8. The molecule has 0 bridgehead atoms. The van der Waals surface area contributed by atoms with Crippen molar-refractivity contribution in [2.75, 3.05) is 25.0 Å². The lowest BCUT2D eigenvalue weighted by molar-refractivity contribution is 0.188. The molecule has 0 amide bonds. The monoisotopic (exact) mass is 358 g/mol. The standard InChI is InChI=1S/C14H23BrN4O2/c1-14(2)4-3-5-16-11(14)9-17-10-8-18-19(6-7-20)13(21)12(10)15/h8,11,16-17,20H,3-7,9H2,1-2H3. The molecule has 0 aliphatic carbocycles. The number of aliphatic hydroxyl groups is 1. The summed E-state index contributed by atoms with van der Waals surface area (Å²) < 4.78 is 1.71. The first kappa shape index (κ1) is 16.5. The Labute approximate surface area is 133 Å². The predicted octanol–water partition coefficient (Wildman–Crippen LogP) is 1.19. The van der Waals surface area contributed by atoms with Gasteiger partial charge in [0.15, 0.2) is 0 Å². The smallest absolute Gasteiger partial charge is 0.283 e. The number of anilines is 1. The zero-order valence-corrected chi connectivity index (χ0v) is 14.1. The van der Waals surface area contributed by atoms with Gasteiger partial charge in [-0.15, -0.1) is 0 Å². The van der Waals surface area contributed by atoms with E-state index in [4.69, 9.17) is 5.11 Å². The largest absolute Gasteiger partial charge is 0.394 e. The van der Waals surface area contributed by atoms with Gasteiger partial charge in [0.05, 0.1) is 25.0 Å². The molecule has 0 radical (unpaired) electrons. The highest BCUT2D eigenvalue weighted by atomic mass is 79.9. The van der Waals surface area contributed by atoms with Crippen LogP contribution in [0.2, 0.25) is 0 Å². The summed E-state index contributed by atoms with van der Waals surface area (Å²) in [6, 6.07) is 0.359. The van der Waals surface area contributed by atoms with Crippen LogP contribution in [-0.4, -0.2) is 40.6 Å². The van der Waals surface area contributed by atoms with E-state index in [2.05, 4.69) is 45.5 Å². The van der Waals surface area contributed by atoms with Gasteiger partial charge in [-0.1, -0.05) is 13.8 Å². The third-order valence-corrected chi connectivity index (χ3v) is 4.89. The van der Waals surface area contributed by atoms with Crippen LogP contribution in [0.3, 0.4) is 0 Å². The topological polar surface area (TPSA) is 79.2 Å². The van der Waals surface area contributed by atoms with Crippen molar-refractivity contribution in [2.45, 2.75) is 39.3 Å². The maximum Gasteiger partial charge on any atom is 0.283 e. The van der Waals surface area contributed by atoms with Gasteiger partial charge in [-0.05, 0) is 40.7 Å². The fourth-order valence-electron chi connectivity index (χ4n) is 2.67. The van der Waals surface area contributed by atoms with Crippen LogP contribution in [0.4, 0.5) is 5.69 Å². The number of aromatic nitrogens is 2. The highest BCUT2D eigenvalue weighted by Gasteiger charge is 2.31. The summed E-state index contributed by atoms with van der Waals surface area (Å²) >= 11 is 3.32. The average Bonchev–Trinajstić information content (AvgIpc) is 2.44. The number of rotatable bonds is 5. The fraction of sp³-hybridized carbons (Fsp3) is 0.714. The second-order valence-corrected chi connectivity index (χ2v) is 6.90. The van der Waals surface area contributed by atoms with Crippen molar-refractivity contribution in [3.63, 3.8) is 0 Å². The highest BCUT2D eigenvalue weighted by Crippen LogP contribution is 2.30. The molecule has 1 aromatic rings. The molecule has 6 nitrogen and oxygen atoms in total. The van der Waals surface area contributed by atoms with E-state index in [9.17, 15) is 4.79 Å². The summed E-state index contributed by atoms with van der Waals surface area (Å²) in [5.74, 6) is 0. The number of hydrogen-bond acceptors (Lipinski definition) is 5. The Kier molecular flexibility index (Phi) is 5.40. The molecule has 7 heteroatoms.